The molecule has 0 fully saturated rings. The number of hydrogen-bond acceptors (Lipinski definition) is 5. The summed E-state index contributed by atoms with van der Waals surface area (Å²) in [5, 5.41) is 9.01. The molecule has 2 aromatic rings. The van der Waals surface area contributed by atoms with Gasteiger partial charge in [-0.1, -0.05) is 42.5 Å². The molecule has 0 unspecified atom stereocenters. The number of hydrogen-bond donors (Lipinski definition) is 3. The number of rotatable bonds is 8. The van der Waals surface area contributed by atoms with Crippen molar-refractivity contribution >= 4 is 5.91 Å². The Hall–Kier alpha value is -2.41. The van der Waals surface area contributed by atoms with Crippen LogP contribution >= 0.6 is 0 Å². The number of carbonyl (C=O) groups excluding carboxylic acids is 1. The fraction of sp³-hybridized carbons (Fsp3) is 0.235. The normalized spacial score (nSPS) is 11.7. The maximum atomic E-state index is 10.8. The molecule has 0 radical (unpaired) electrons. The smallest absolute Gasteiger partial charge is 0.240 e. The lowest BCUT2D eigenvalue weighted by atomic mass is 10.1. The molecule has 1 amide bonds. The van der Waals surface area contributed by atoms with Crippen molar-refractivity contribution in [1.82, 2.24) is 11.0 Å². The Morgan fingerprint density at radius 1 is 1.09 bits per heavy atom. The average Bonchev–Trinajstić information content (AvgIpc) is 2.58. The second-order valence-electron chi connectivity index (χ2n) is 5.02. The Bertz CT molecular complexity index is 602. The van der Waals surface area contributed by atoms with Crippen molar-refractivity contribution in [3.8, 4) is 5.75 Å². The number of carbonyl (C=O) groups is 1. The zero-order valence-corrected chi connectivity index (χ0v) is 12.9. The fourth-order valence-electron chi connectivity index (χ4n) is 1.94. The lowest BCUT2D eigenvalue weighted by molar-refractivity contribution is -0.146. The topological polar surface area (TPSA) is 79.8 Å². The molecule has 23 heavy (non-hydrogen) atoms. The second-order valence-corrected chi connectivity index (χ2v) is 5.02. The van der Waals surface area contributed by atoms with Gasteiger partial charge in [-0.15, -0.1) is 0 Å². The molecular formula is C17H20N2O4. The minimum Gasteiger partial charge on any atom is -0.489 e. The second kappa shape index (κ2) is 8.89. The van der Waals surface area contributed by atoms with E-state index in [1.54, 1.807) is 0 Å². The van der Waals surface area contributed by atoms with Gasteiger partial charge >= 0.3 is 0 Å². The summed E-state index contributed by atoms with van der Waals surface area (Å²) in [6.45, 7) is 1.83. The van der Waals surface area contributed by atoms with Gasteiger partial charge in [-0.05, 0) is 23.3 Å². The number of hydroxylamine groups is 2. The van der Waals surface area contributed by atoms with Crippen molar-refractivity contribution in [2.45, 2.75) is 26.2 Å². The first kappa shape index (κ1) is 17.0. The van der Waals surface area contributed by atoms with Crippen LogP contribution < -0.4 is 15.7 Å². The largest absolute Gasteiger partial charge is 0.489 e. The highest BCUT2D eigenvalue weighted by Gasteiger charge is 2.10. The van der Waals surface area contributed by atoms with Crippen LogP contribution in [0.3, 0.4) is 0 Å². The van der Waals surface area contributed by atoms with Gasteiger partial charge in [0.2, 0.25) is 5.91 Å². The molecule has 2 rings (SSSR count). The molecule has 0 aliphatic carbocycles. The first-order chi connectivity index (χ1) is 11.2. The van der Waals surface area contributed by atoms with Crippen molar-refractivity contribution in [1.29, 1.82) is 0 Å². The number of amides is 1. The summed E-state index contributed by atoms with van der Waals surface area (Å²) in [5.74, 6) is 0.420. The van der Waals surface area contributed by atoms with Crippen LogP contribution in [-0.4, -0.2) is 17.3 Å². The predicted octanol–water partition coefficient (Wildman–Crippen LogP) is 2.18. The molecule has 0 aliphatic heterocycles. The van der Waals surface area contributed by atoms with Gasteiger partial charge in [0.25, 0.3) is 0 Å². The lowest BCUT2D eigenvalue weighted by Gasteiger charge is -2.15. The summed E-state index contributed by atoms with van der Waals surface area (Å²) in [7, 11) is 0. The molecule has 6 nitrogen and oxygen atoms in total. The lowest BCUT2D eigenvalue weighted by Crippen LogP contribution is -2.37. The molecule has 0 aromatic heterocycles. The van der Waals surface area contributed by atoms with E-state index >= 15 is 0 Å². The summed E-state index contributed by atoms with van der Waals surface area (Å²) in [6.07, 6.45) is -0.342. The Kier molecular flexibility index (Phi) is 6.56. The molecular weight excluding hydrogens is 296 g/mol. The molecule has 122 valence electrons. The Balaban J connectivity index is 1.84. The van der Waals surface area contributed by atoms with Crippen LogP contribution in [-0.2, 0) is 22.7 Å². The van der Waals surface area contributed by atoms with Gasteiger partial charge in [0, 0.05) is 13.3 Å². The Labute approximate surface area is 135 Å². The van der Waals surface area contributed by atoms with Crippen LogP contribution in [0.1, 0.15) is 18.1 Å². The predicted molar refractivity (Wildman–Crippen MR) is 84.5 cm³/mol. The van der Waals surface area contributed by atoms with Gasteiger partial charge in [0.05, 0.1) is 0 Å². The third kappa shape index (κ3) is 6.07. The number of ether oxygens (including phenoxy) is 1. The molecule has 3 N–H and O–H groups in total. The van der Waals surface area contributed by atoms with E-state index in [0.717, 1.165) is 16.9 Å². The van der Waals surface area contributed by atoms with Crippen molar-refractivity contribution in [2.24, 2.45) is 0 Å². The highest BCUT2D eigenvalue weighted by Crippen LogP contribution is 2.15. The summed E-state index contributed by atoms with van der Waals surface area (Å²) in [5.41, 5.74) is 6.21. The quantitative estimate of drug-likeness (QED) is 0.514. The minimum absolute atomic E-state index is 0.338. The zero-order valence-electron chi connectivity index (χ0n) is 12.9. The minimum atomic E-state index is -0.727. The highest BCUT2D eigenvalue weighted by atomic mass is 16.7. The van der Waals surface area contributed by atoms with Crippen molar-refractivity contribution in [2.75, 3.05) is 0 Å². The van der Waals surface area contributed by atoms with Gasteiger partial charge in [0.15, 0.2) is 6.23 Å². The zero-order chi connectivity index (χ0) is 16.5. The molecule has 0 heterocycles. The van der Waals surface area contributed by atoms with Crippen LogP contribution in [0.2, 0.25) is 0 Å². The van der Waals surface area contributed by atoms with E-state index in [9.17, 15) is 4.79 Å². The third-order valence-electron chi connectivity index (χ3n) is 3.08. The van der Waals surface area contributed by atoms with Gasteiger partial charge in [0.1, 0.15) is 12.4 Å². The molecule has 2 aromatic carbocycles. The van der Waals surface area contributed by atoms with Crippen LogP contribution in [0, 0.1) is 0 Å². The summed E-state index contributed by atoms with van der Waals surface area (Å²) < 4.78 is 5.70. The van der Waals surface area contributed by atoms with E-state index in [1.807, 2.05) is 60.1 Å². The molecule has 0 saturated heterocycles. The number of nitrogens with one attached hydrogen (secondary N) is 2. The maximum Gasteiger partial charge on any atom is 0.240 e. The van der Waals surface area contributed by atoms with E-state index in [0.29, 0.717) is 13.0 Å². The van der Waals surface area contributed by atoms with Crippen LogP contribution in [0.25, 0.3) is 0 Å². The van der Waals surface area contributed by atoms with E-state index in [4.69, 9.17) is 14.8 Å². The molecule has 0 bridgehead atoms. The third-order valence-corrected chi connectivity index (χ3v) is 3.08. The van der Waals surface area contributed by atoms with Gasteiger partial charge < -0.3 is 9.94 Å². The van der Waals surface area contributed by atoms with Gasteiger partial charge in [-0.3, -0.25) is 9.63 Å². The van der Waals surface area contributed by atoms with Crippen LogP contribution in [0.15, 0.2) is 54.6 Å². The molecule has 0 spiro atoms. The Morgan fingerprint density at radius 3 is 2.39 bits per heavy atom. The molecule has 6 heteroatoms. The molecule has 0 saturated carbocycles. The van der Waals surface area contributed by atoms with Gasteiger partial charge in [-0.2, -0.15) is 5.48 Å². The van der Waals surface area contributed by atoms with Crippen molar-refractivity contribution in [3.63, 3.8) is 0 Å². The first-order valence-electron chi connectivity index (χ1n) is 7.25. The highest BCUT2D eigenvalue weighted by molar-refractivity contribution is 5.71. The molecule has 0 aliphatic rings. The fourth-order valence-corrected chi connectivity index (χ4v) is 1.94. The number of benzene rings is 2. The first-order valence-corrected chi connectivity index (χ1v) is 7.25. The van der Waals surface area contributed by atoms with E-state index < -0.39 is 6.23 Å². The van der Waals surface area contributed by atoms with Gasteiger partial charge in [-0.25, -0.2) is 5.48 Å². The monoisotopic (exact) mass is 316 g/mol. The van der Waals surface area contributed by atoms with Crippen LogP contribution in [0.4, 0.5) is 0 Å². The molecule has 1 atom stereocenters. The van der Waals surface area contributed by atoms with E-state index in [1.165, 1.54) is 6.92 Å². The average molecular weight is 316 g/mol. The van der Waals surface area contributed by atoms with Crippen molar-refractivity contribution < 1.29 is 19.6 Å². The van der Waals surface area contributed by atoms with Crippen LogP contribution in [0.5, 0.6) is 5.75 Å². The summed E-state index contributed by atoms with van der Waals surface area (Å²) >= 11 is 0. The maximum absolute atomic E-state index is 10.8. The summed E-state index contributed by atoms with van der Waals surface area (Å²) in [6, 6.07) is 17.4. The standard InChI is InChI=1S/C17H20N2O4/c1-13(20)19-23-17(18-21)11-14-7-9-16(10-8-14)22-12-15-5-3-2-4-6-15/h2-10,17-18,21H,11-12H2,1H3,(H,19,20)/t17-/m0/s1. The Morgan fingerprint density at radius 2 is 1.78 bits per heavy atom. The summed E-state index contributed by atoms with van der Waals surface area (Å²) in [4.78, 5) is 15.8. The SMILES string of the molecule is CC(=O)NO[C@@H](Cc1ccc(OCc2ccccc2)cc1)NO. The van der Waals surface area contributed by atoms with E-state index in [-0.39, 0.29) is 5.91 Å². The van der Waals surface area contributed by atoms with Crippen molar-refractivity contribution in [3.05, 3.63) is 65.7 Å². The van der Waals surface area contributed by atoms with E-state index in [2.05, 4.69) is 5.48 Å².